The van der Waals surface area contributed by atoms with Gasteiger partial charge < -0.3 is 0 Å². The van der Waals surface area contributed by atoms with Gasteiger partial charge in [0, 0.05) is 17.0 Å². The minimum Gasteiger partial charge on any atom is -0.300 e. The smallest absolute Gasteiger partial charge is 0.210 e. The molecule has 0 N–H and O–H groups in total. The van der Waals surface area contributed by atoms with Crippen molar-refractivity contribution in [2.75, 3.05) is 0 Å². The summed E-state index contributed by atoms with van der Waals surface area (Å²) >= 11 is 0. The molecule has 1 nitrogen and oxygen atoms in total. The van der Waals surface area contributed by atoms with Crippen molar-refractivity contribution in [1.29, 1.82) is 0 Å². The van der Waals surface area contributed by atoms with Gasteiger partial charge in [0.1, 0.15) is 0 Å². The van der Waals surface area contributed by atoms with E-state index in [9.17, 15) is 4.57 Å². The Morgan fingerprint density at radius 3 is 1.86 bits per heavy atom. The molecule has 2 rings (SSSR count). The van der Waals surface area contributed by atoms with Crippen LogP contribution in [0.3, 0.4) is 0 Å². The second kappa shape index (κ2) is 7.87. The van der Waals surface area contributed by atoms with Gasteiger partial charge in [0.25, 0.3) is 0 Å². The maximum atomic E-state index is 13.5. The van der Waals surface area contributed by atoms with E-state index in [0.717, 1.165) is 23.5 Å². The molecule has 0 aliphatic heterocycles. The third kappa shape index (κ3) is 4.10. The van der Waals surface area contributed by atoms with Crippen LogP contribution < -0.4 is 10.6 Å². The van der Waals surface area contributed by atoms with Gasteiger partial charge in [-0.2, -0.15) is 0 Å². The largest absolute Gasteiger partial charge is 0.300 e. The summed E-state index contributed by atoms with van der Waals surface area (Å²) in [5.74, 6) is 3.14. The Morgan fingerprint density at radius 1 is 0.857 bits per heavy atom. The van der Waals surface area contributed by atoms with Crippen LogP contribution in [-0.4, -0.2) is 0 Å². The van der Waals surface area contributed by atoms with Crippen LogP contribution in [0.15, 0.2) is 60.7 Å². The van der Waals surface area contributed by atoms with E-state index in [2.05, 4.69) is 18.5 Å². The minimum atomic E-state index is -2.83. The Morgan fingerprint density at radius 2 is 1.38 bits per heavy atom. The highest BCUT2D eigenvalue weighted by molar-refractivity contribution is 7.83. The molecule has 0 unspecified atom stereocenters. The van der Waals surface area contributed by atoms with Crippen molar-refractivity contribution in [3.63, 3.8) is 0 Å². The normalized spacial score (nSPS) is 10.7. The number of rotatable bonds is 5. The topological polar surface area (TPSA) is 17.1 Å². The zero-order valence-electron chi connectivity index (χ0n) is 12.5. The second-order valence-electron chi connectivity index (χ2n) is 5.03. The van der Waals surface area contributed by atoms with E-state index >= 15 is 0 Å². The van der Waals surface area contributed by atoms with Crippen LogP contribution in [0.5, 0.6) is 0 Å². The van der Waals surface area contributed by atoms with E-state index in [1.807, 2.05) is 60.7 Å². The summed E-state index contributed by atoms with van der Waals surface area (Å²) in [5, 5.41) is 1.64. The maximum absolute atomic E-state index is 13.5. The highest BCUT2D eigenvalue weighted by Gasteiger charge is 2.24. The van der Waals surface area contributed by atoms with Crippen LogP contribution in [0.2, 0.25) is 0 Å². The molecule has 0 aliphatic carbocycles. The predicted octanol–water partition coefficient (Wildman–Crippen LogP) is 4.54. The molecule has 2 aromatic rings. The SMILES string of the molecule is CCCCCC#CP(=O)(c1ccccc1)c1ccccc1. The third-order valence-electron chi connectivity index (χ3n) is 3.38. The van der Waals surface area contributed by atoms with Crippen LogP contribution in [-0.2, 0) is 4.57 Å². The summed E-state index contributed by atoms with van der Waals surface area (Å²) in [6, 6.07) is 19.2. The van der Waals surface area contributed by atoms with E-state index < -0.39 is 7.14 Å². The molecule has 108 valence electrons. The maximum Gasteiger partial charge on any atom is 0.210 e. The van der Waals surface area contributed by atoms with Gasteiger partial charge in [0.05, 0.1) is 0 Å². The number of hydrogen-bond donors (Lipinski definition) is 0. The average molecular weight is 296 g/mol. The van der Waals surface area contributed by atoms with Crippen LogP contribution in [0.4, 0.5) is 0 Å². The number of hydrogen-bond acceptors (Lipinski definition) is 1. The van der Waals surface area contributed by atoms with Crippen LogP contribution in [0.1, 0.15) is 32.6 Å². The average Bonchev–Trinajstić information content (AvgIpc) is 2.56. The minimum absolute atomic E-state index is 0.817. The standard InChI is InChI=1S/C19H21OP/c1-2-3-4-5-12-17-21(20,18-13-8-6-9-14-18)19-15-10-7-11-16-19/h6-11,13-16H,2-5H2,1H3. The van der Waals surface area contributed by atoms with Crippen molar-refractivity contribution < 1.29 is 4.57 Å². The summed E-state index contributed by atoms with van der Waals surface area (Å²) in [4.78, 5) is 0. The highest BCUT2D eigenvalue weighted by Crippen LogP contribution is 2.41. The molecule has 2 heteroatoms. The monoisotopic (exact) mass is 296 g/mol. The molecule has 0 spiro atoms. The Bertz CT molecular complexity index is 607. The first-order valence-corrected chi connectivity index (χ1v) is 9.19. The van der Waals surface area contributed by atoms with Crippen molar-refractivity contribution in [1.82, 2.24) is 0 Å². The van der Waals surface area contributed by atoms with E-state index in [1.165, 1.54) is 12.8 Å². The lowest BCUT2D eigenvalue weighted by molar-refractivity contribution is 0.593. The van der Waals surface area contributed by atoms with E-state index in [0.29, 0.717) is 0 Å². The molecule has 0 heterocycles. The molecule has 0 aliphatic rings. The molecule has 0 radical (unpaired) electrons. The quantitative estimate of drug-likeness (QED) is 0.450. The zero-order chi connectivity index (χ0) is 15.0. The van der Waals surface area contributed by atoms with E-state index in [-0.39, 0.29) is 0 Å². The molecule has 0 fully saturated rings. The molecule has 2 aromatic carbocycles. The molecule has 0 saturated carbocycles. The summed E-state index contributed by atoms with van der Waals surface area (Å²) in [6.45, 7) is 2.17. The Labute approximate surface area is 127 Å². The first-order chi connectivity index (χ1) is 10.3. The summed E-state index contributed by atoms with van der Waals surface area (Å²) in [6.07, 6.45) is 4.25. The van der Waals surface area contributed by atoms with Crippen molar-refractivity contribution in [3.8, 4) is 11.6 Å². The fourth-order valence-electron chi connectivity index (χ4n) is 2.18. The Balaban J connectivity index is 2.34. The van der Waals surface area contributed by atoms with Gasteiger partial charge in [0.15, 0.2) is 0 Å². The Hall–Kier alpha value is -1.77. The molecular weight excluding hydrogens is 275 g/mol. The first kappa shape index (κ1) is 15.6. The van der Waals surface area contributed by atoms with Gasteiger partial charge in [-0.05, 0) is 12.1 Å². The molecule has 21 heavy (non-hydrogen) atoms. The summed E-state index contributed by atoms with van der Waals surface area (Å²) in [5.41, 5.74) is 3.09. The molecule has 0 saturated heterocycles. The van der Waals surface area contributed by atoms with Crippen molar-refractivity contribution in [2.24, 2.45) is 0 Å². The van der Waals surface area contributed by atoms with Crippen molar-refractivity contribution in [3.05, 3.63) is 60.7 Å². The number of benzene rings is 2. The lowest BCUT2D eigenvalue weighted by atomic mass is 10.2. The summed E-state index contributed by atoms with van der Waals surface area (Å²) in [7, 11) is -2.83. The van der Waals surface area contributed by atoms with Crippen LogP contribution >= 0.6 is 7.14 Å². The van der Waals surface area contributed by atoms with Gasteiger partial charge >= 0.3 is 0 Å². The highest BCUT2D eigenvalue weighted by atomic mass is 31.2. The summed E-state index contributed by atoms with van der Waals surface area (Å²) < 4.78 is 13.5. The van der Waals surface area contributed by atoms with E-state index in [4.69, 9.17) is 0 Å². The molecule has 0 bridgehead atoms. The zero-order valence-corrected chi connectivity index (χ0v) is 13.4. The van der Waals surface area contributed by atoms with E-state index in [1.54, 1.807) is 0 Å². The fraction of sp³-hybridized carbons (Fsp3) is 0.263. The second-order valence-corrected chi connectivity index (χ2v) is 7.50. The van der Waals surface area contributed by atoms with Crippen molar-refractivity contribution in [2.45, 2.75) is 32.6 Å². The van der Waals surface area contributed by atoms with Crippen LogP contribution in [0.25, 0.3) is 0 Å². The number of unbranched alkanes of at least 4 members (excludes halogenated alkanes) is 3. The van der Waals surface area contributed by atoms with Crippen LogP contribution in [0, 0.1) is 11.6 Å². The fourth-order valence-corrected chi connectivity index (χ4v) is 4.26. The lowest BCUT2D eigenvalue weighted by Crippen LogP contribution is -2.14. The molecular formula is C19H21OP. The molecule has 0 amide bonds. The lowest BCUT2D eigenvalue weighted by Gasteiger charge is -2.12. The van der Waals surface area contributed by atoms with Gasteiger partial charge in [-0.25, -0.2) is 0 Å². The molecule has 0 aromatic heterocycles. The third-order valence-corrected chi connectivity index (χ3v) is 5.91. The predicted molar refractivity (Wildman–Crippen MR) is 91.7 cm³/mol. The van der Waals surface area contributed by atoms with Gasteiger partial charge in [-0.1, -0.05) is 86.3 Å². The van der Waals surface area contributed by atoms with Gasteiger partial charge in [-0.3, -0.25) is 4.57 Å². The van der Waals surface area contributed by atoms with Gasteiger partial charge in [-0.15, -0.1) is 0 Å². The van der Waals surface area contributed by atoms with Gasteiger partial charge in [0.2, 0.25) is 7.14 Å². The first-order valence-electron chi connectivity index (χ1n) is 7.49. The molecule has 0 atom stereocenters. The Kier molecular flexibility index (Phi) is 5.85. The van der Waals surface area contributed by atoms with Crippen molar-refractivity contribution >= 4 is 17.8 Å².